The molecule has 1 aromatic rings. The lowest BCUT2D eigenvalue weighted by Crippen LogP contribution is -2.03. The molecule has 1 aromatic heterocycles. The third-order valence-corrected chi connectivity index (χ3v) is 2.35. The zero-order chi connectivity index (χ0) is 6.69. The minimum atomic E-state index is -0.769. The lowest BCUT2D eigenvalue weighted by Gasteiger charge is -1.84. The molecular formula is C3H3N3P2S. The Labute approximate surface area is 60.0 Å². The van der Waals surface area contributed by atoms with Gasteiger partial charge in [0.1, 0.15) is 12.7 Å². The van der Waals surface area contributed by atoms with E-state index in [2.05, 4.69) is 23.5 Å². The van der Waals surface area contributed by atoms with Crippen molar-refractivity contribution in [1.82, 2.24) is 15.0 Å². The van der Waals surface area contributed by atoms with E-state index in [0.717, 1.165) is 0 Å². The van der Waals surface area contributed by atoms with E-state index < -0.39 is 5.98 Å². The SMILES string of the molecule is P=P(=S)c1ncncn1. The van der Waals surface area contributed by atoms with Gasteiger partial charge >= 0.3 is 0 Å². The van der Waals surface area contributed by atoms with Crippen LogP contribution in [0.25, 0.3) is 0 Å². The van der Waals surface area contributed by atoms with Crippen LogP contribution < -0.4 is 5.57 Å². The van der Waals surface area contributed by atoms with Crippen molar-refractivity contribution in [3.63, 3.8) is 0 Å². The van der Waals surface area contributed by atoms with Crippen LogP contribution in [0.3, 0.4) is 0 Å². The Bertz CT molecular complexity index is 249. The van der Waals surface area contributed by atoms with Gasteiger partial charge in [-0.25, -0.2) is 15.0 Å². The Balaban J connectivity index is 3.13. The van der Waals surface area contributed by atoms with E-state index in [1.54, 1.807) is 0 Å². The predicted octanol–water partition coefficient (Wildman–Crippen LogP) is 0.498. The van der Waals surface area contributed by atoms with Crippen LogP contribution in [-0.2, 0) is 11.8 Å². The van der Waals surface area contributed by atoms with Gasteiger partial charge in [-0.2, -0.15) is 0 Å². The highest BCUT2D eigenvalue weighted by Gasteiger charge is 1.87. The normalized spacial score (nSPS) is 10.9. The molecule has 1 heterocycles. The second-order valence-corrected chi connectivity index (χ2v) is 5.63. The topological polar surface area (TPSA) is 38.7 Å². The van der Waals surface area contributed by atoms with Gasteiger partial charge in [0.15, 0.2) is 5.57 Å². The van der Waals surface area contributed by atoms with Crippen LogP contribution in [0.5, 0.6) is 0 Å². The molecule has 0 aliphatic rings. The Kier molecular flexibility index (Phi) is 2.40. The molecule has 0 saturated carbocycles. The molecule has 0 aliphatic heterocycles. The van der Waals surface area contributed by atoms with Crippen LogP contribution in [0.15, 0.2) is 12.7 Å². The average Bonchev–Trinajstić information content (AvgIpc) is 1.90. The zero-order valence-corrected chi connectivity index (χ0v) is 7.06. The van der Waals surface area contributed by atoms with E-state index in [1.807, 2.05) is 0 Å². The Hall–Kier alpha value is -0.170. The summed E-state index contributed by atoms with van der Waals surface area (Å²) in [6.45, 7) is 0. The van der Waals surface area contributed by atoms with Crippen LogP contribution in [0.4, 0.5) is 0 Å². The molecule has 0 amide bonds. The molecule has 0 fully saturated rings. The number of hydrogen-bond acceptors (Lipinski definition) is 4. The first-order valence-electron chi connectivity index (χ1n) is 2.11. The number of rotatable bonds is 1. The van der Waals surface area contributed by atoms with E-state index in [4.69, 9.17) is 11.8 Å². The molecule has 0 aliphatic carbocycles. The average molecular weight is 175 g/mol. The summed E-state index contributed by atoms with van der Waals surface area (Å²) in [4.78, 5) is 11.3. The van der Waals surface area contributed by atoms with Crippen molar-refractivity contribution in [2.75, 3.05) is 0 Å². The molecule has 6 heteroatoms. The van der Waals surface area contributed by atoms with Gasteiger partial charge in [-0.3, -0.25) is 0 Å². The van der Waals surface area contributed by atoms with E-state index in [0.29, 0.717) is 5.57 Å². The standard InChI is InChI=1S/C3H3N3P2S/c7-8(9)3-5-1-4-2-6-3/h1-2,7H. The van der Waals surface area contributed by atoms with Crippen molar-refractivity contribution in [3.05, 3.63) is 12.7 Å². The van der Waals surface area contributed by atoms with Gasteiger partial charge in [0.2, 0.25) is 0 Å². The largest absolute Gasteiger partial charge is 0.225 e. The van der Waals surface area contributed by atoms with Crippen LogP contribution in [0, 0.1) is 0 Å². The van der Waals surface area contributed by atoms with Gasteiger partial charge in [0, 0.05) is 5.98 Å². The molecule has 0 aromatic carbocycles. The van der Waals surface area contributed by atoms with Gasteiger partial charge in [0.05, 0.1) is 0 Å². The quantitative estimate of drug-likeness (QED) is 0.582. The summed E-state index contributed by atoms with van der Waals surface area (Å²) in [5.74, 6) is -0.769. The van der Waals surface area contributed by atoms with Crippen LogP contribution in [0.1, 0.15) is 0 Å². The second-order valence-electron chi connectivity index (χ2n) is 1.23. The summed E-state index contributed by atoms with van der Waals surface area (Å²) in [6.07, 6.45) is 2.87. The maximum atomic E-state index is 4.87. The molecule has 1 rings (SSSR count). The molecule has 9 heavy (non-hydrogen) atoms. The predicted molar refractivity (Wildman–Crippen MR) is 42.1 cm³/mol. The number of aromatic nitrogens is 3. The van der Waals surface area contributed by atoms with Crippen molar-refractivity contribution >= 4 is 31.9 Å². The van der Waals surface area contributed by atoms with Crippen molar-refractivity contribution < 1.29 is 0 Å². The first-order valence-corrected chi connectivity index (χ1v) is 5.81. The zero-order valence-electron chi connectivity index (χ0n) is 4.35. The van der Waals surface area contributed by atoms with Crippen LogP contribution in [0.2, 0.25) is 0 Å². The van der Waals surface area contributed by atoms with Crippen molar-refractivity contribution in [2.45, 2.75) is 0 Å². The summed E-state index contributed by atoms with van der Waals surface area (Å²) >= 11 is 4.87. The van der Waals surface area contributed by atoms with Gasteiger partial charge in [-0.05, 0) is 11.8 Å². The minimum Gasteiger partial charge on any atom is -0.225 e. The minimum absolute atomic E-state index is 0.645. The smallest absolute Gasteiger partial charge is 0.192 e. The van der Waals surface area contributed by atoms with Crippen molar-refractivity contribution in [1.29, 1.82) is 0 Å². The van der Waals surface area contributed by atoms with E-state index >= 15 is 0 Å². The van der Waals surface area contributed by atoms with Gasteiger partial charge in [-0.1, -0.05) is 8.53 Å². The fourth-order valence-electron chi connectivity index (χ4n) is 0.338. The first kappa shape index (κ1) is 6.94. The lowest BCUT2D eigenvalue weighted by molar-refractivity contribution is 1.09. The molecule has 0 radical (unpaired) electrons. The highest BCUT2D eigenvalue weighted by Crippen LogP contribution is 2.06. The highest BCUT2D eigenvalue weighted by molar-refractivity contribution is 8.18. The molecule has 1 atom stereocenters. The fraction of sp³-hybridized carbons (Fsp3) is 0. The Morgan fingerprint density at radius 1 is 1.44 bits per heavy atom. The summed E-state index contributed by atoms with van der Waals surface area (Å²) in [7, 11) is 3.26. The fourth-order valence-corrected chi connectivity index (χ4v) is 1.28. The van der Waals surface area contributed by atoms with Gasteiger partial charge in [0.25, 0.3) is 0 Å². The third-order valence-electron chi connectivity index (χ3n) is 0.661. The molecule has 0 spiro atoms. The monoisotopic (exact) mass is 175 g/mol. The Morgan fingerprint density at radius 3 is 2.33 bits per heavy atom. The lowest BCUT2D eigenvalue weighted by atomic mass is 11.1. The summed E-state index contributed by atoms with van der Waals surface area (Å²) in [5.41, 5.74) is 0.645. The molecular weight excluding hydrogens is 172 g/mol. The summed E-state index contributed by atoms with van der Waals surface area (Å²) in [6, 6.07) is 0. The third kappa shape index (κ3) is 1.90. The second kappa shape index (κ2) is 3.11. The van der Waals surface area contributed by atoms with Gasteiger partial charge in [-0.15, -0.1) is 0 Å². The Morgan fingerprint density at radius 2 is 2.00 bits per heavy atom. The molecule has 0 saturated heterocycles. The molecule has 1 unspecified atom stereocenters. The maximum absolute atomic E-state index is 4.87. The van der Waals surface area contributed by atoms with E-state index in [1.165, 1.54) is 12.7 Å². The molecule has 0 bridgehead atoms. The summed E-state index contributed by atoms with van der Waals surface area (Å²) < 4.78 is 0. The summed E-state index contributed by atoms with van der Waals surface area (Å²) in [5, 5.41) is 0. The van der Waals surface area contributed by atoms with Crippen molar-refractivity contribution in [2.24, 2.45) is 0 Å². The van der Waals surface area contributed by atoms with E-state index in [9.17, 15) is 0 Å². The molecule has 3 nitrogen and oxygen atoms in total. The van der Waals surface area contributed by atoms with Crippen LogP contribution in [-0.4, -0.2) is 15.0 Å². The maximum Gasteiger partial charge on any atom is 0.192 e. The number of hydrogen-bond donors (Lipinski definition) is 0. The number of nitrogens with zero attached hydrogens (tertiary/aromatic N) is 3. The molecule has 46 valence electrons. The first-order chi connectivity index (χ1) is 4.30. The van der Waals surface area contributed by atoms with Crippen molar-refractivity contribution in [3.8, 4) is 0 Å². The highest BCUT2D eigenvalue weighted by atomic mass is 32.5. The van der Waals surface area contributed by atoms with Gasteiger partial charge < -0.3 is 0 Å². The molecule has 0 N–H and O–H groups in total. The van der Waals surface area contributed by atoms with Crippen LogP contribution >= 0.6 is 14.5 Å². The van der Waals surface area contributed by atoms with E-state index in [-0.39, 0.29) is 0 Å².